The van der Waals surface area contributed by atoms with Crippen LogP contribution < -0.4 is 26.8 Å². The summed E-state index contributed by atoms with van der Waals surface area (Å²) in [6.45, 7) is 0.757. The van der Waals surface area contributed by atoms with Crippen LogP contribution in [0.2, 0.25) is 0 Å². The molecule has 4 heterocycles. The molecule has 0 aliphatic rings. The minimum Gasteiger partial charge on any atom is -0.435 e. The second kappa shape index (κ2) is 16.2. The molecule has 6 N–H and O–H groups in total. The maximum Gasteiger partial charge on any atom is 0.416 e. The second-order valence-corrected chi connectivity index (χ2v) is 12.6. The van der Waals surface area contributed by atoms with E-state index < -0.39 is 35.8 Å². The standard InChI is InChI=1S/C20H16F4N6.C19H15F3N6O/c1-2-15-27-13-5-3-4-6-14(13)30(15)19-28-17(25)16(21)18(29-19)26-12-9-7-11(8-10-12)20(22,23)24;1-10-24-13-4-2-3-5-14(13)28(10)19-26-16(23)15(20)17(27-19)25-11-6-8-12(9-7-11)29-18(21)22/h3-10H,2H2,1H3,(H3,25,26,28,29);2-9,18H,1H3,(H3,23,25,26,27). The first kappa shape index (κ1) is 39.7. The van der Waals surface area contributed by atoms with Gasteiger partial charge in [-0.15, -0.1) is 0 Å². The normalized spacial score (nSPS) is 11.5. The van der Waals surface area contributed by atoms with Crippen molar-refractivity contribution in [3.63, 3.8) is 0 Å². The number of alkyl halides is 5. The van der Waals surface area contributed by atoms with E-state index in [9.17, 15) is 30.7 Å². The van der Waals surface area contributed by atoms with E-state index in [1.807, 2.05) is 55.5 Å². The maximum absolute atomic E-state index is 14.6. The Labute approximate surface area is 329 Å². The fourth-order valence-corrected chi connectivity index (χ4v) is 5.94. The number of para-hydroxylation sites is 4. The zero-order valence-corrected chi connectivity index (χ0v) is 30.8. The van der Waals surface area contributed by atoms with Crippen molar-refractivity contribution >= 4 is 56.7 Å². The first-order chi connectivity index (χ1) is 28.2. The van der Waals surface area contributed by atoms with E-state index in [2.05, 4.69) is 45.3 Å². The Bertz CT molecular complexity index is 2770. The molecule has 0 fully saturated rings. The largest absolute Gasteiger partial charge is 0.435 e. The van der Waals surface area contributed by atoms with E-state index in [1.54, 1.807) is 16.1 Å². The predicted octanol–water partition coefficient (Wildman–Crippen LogP) is 9.05. The summed E-state index contributed by atoms with van der Waals surface area (Å²) in [6.07, 6.45) is -3.90. The number of halogens is 7. The maximum atomic E-state index is 14.6. The number of ether oxygens (including phenoxy) is 1. The third-order valence-electron chi connectivity index (χ3n) is 8.62. The molecule has 20 heteroatoms. The number of nitrogens with two attached hydrogens (primary N) is 2. The van der Waals surface area contributed by atoms with Gasteiger partial charge in [-0.3, -0.25) is 9.13 Å². The van der Waals surface area contributed by atoms with Gasteiger partial charge in [-0.1, -0.05) is 31.2 Å². The SMILES string of the molecule is CCc1nc2ccccc2n1-c1nc(N)c(F)c(Nc2ccc(C(F)(F)F)cc2)n1.Cc1nc2ccccc2n1-c1nc(N)c(F)c(Nc2ccc(OC(F)F)cc2)n1. The molecule has 0 radical (unpaired) electrons. The van der Waals surface area contributed by atoms with Crippen molar-refractivity contribution < 1.29 is 35.5 Å². The van der Waals surface area contributed by atoms with Gasteiger partial charge in [-0.25, -0.2) is 9.97 Å². The molecule has 0 amide bonds. The number of anilines is 6. The lowest BCUT2D eigenvalue weighted by Crippen LogP contribution is -2.11. The number of nitrogen functional groups attached to an aromatic ring is 2. The molecule has 0 bridgehead atoms. The lowest BCUT2D eigenvalue weighted by atomic mass is 10.2. The van der Waals surface area contributed by atoms with Crippen molar-refractivity contribution in [1.82, 2.24) is 39.0 Å². The van der Waals surface area contributed by atoms with E-state index in [0.29, 0.717) is 23.8 Å². The van der Waals surface area contributed by atoms with E-state index >= 15 is 0 Å². The van der Waals surface area contributed by atoms with Crippen LogP contribution in [0.4, 0.5) is 65.4 Å². The van der Waals surface area contributed by atoms with Crippen LogP contribution >= 0.6 is 0 Å². The highest BCUT2D eigenvalue weighted by atomic mass is 19.4. The molecule has 4 aromatic carbocycles. The molecule has 0 spiro atoms. The fourth-order valence-electron chi connectivity index (χ4n) is 5.94. The van der Waals surface area contributed by atoms with Crippen LogP contribution in [0, 0.1) is 18.6 Å². The number of hydrogen-bond donors (Lipinski definition) is 4. The van der Waals surface area contributed by atoms with E-state index in [-0.39, 0.29) is 40.8 Å². The smallest absolute Gasteiger partial charge is 0.416 e. The molecule has 0 saturated heterocycles. The molecule has 13 nitrogen and oxygen atoms in total. The van der Waals surface area contributed by atoms with Crippen molar-refractivity contribution in [2.45, 2.75) is 33.1 Å². The fraction of sp³-hybridized carbons (Fsp3) is 0.128. The highest BCUT2D eigenvalue weighted by Gasteiger charge is 2.30. The van der Waals surface area contributed by atoms with Gasteiger partial charge in [0, 0.05) is 17.8 Å². The van der Waals surface area contributed by atoms with Crippen LogP contribution in [0.15, 0.2) is 97.1 Å². The molecule has 0 aliphatic carbocycles. The lowest BCUT2D eigenvalue weighted by Gasteiger charge is -2.13. The van der Waals surface area contributed by atoms with Crippen LogP contribution in [0.3, 0.4) is 0 Å². The van der Waals surface area contributed by atoms with Crippen LogP contribution in [0.1, 0.15) is 24.1 Å². The average molecular weight is 817 g/mol. The van der Waals surface area contributed by atoms with Crippen LogP contribution in [0.25, 0.3) is 34.0 Å². The Kier molecular flexibility index (Phi) is 10.9. The number of rotatable bonds is 9. The quantitative estimate of drug-likeness (QED) is 0.102. The summed E-state index contributed by atoms with van der Waals surface area (Å²) >= 11 is 0. The van der Waals surface area contributed by atoms with Gasteiger partial charge in [0.25, 0.3) is 0 Å². The monoisotopic (exact) mass is 816 g/mol. The Morgan fingerprint density at radius 3 is 1.63 bits per heavy atom. The van der Waals surface area contributed by atoms with Gasteiger partial charge in [-0.2, -0.15) is 50.7 Å². The highest BCUT2D eigenvalue weighted by molar-refractivity contribution is 5.79. The second-order valence-electron chi connectivity index (χ2n) is 12.6. The summed E-state index contributed by atoms with van der Waals surface area (Å²) in [4.78, 5) is 25.5. The molecule has 8 rings (SSSR count). The third kappa shape index (κ3) is 8.46. The third-order valence-corrected chi connectivity index (χ3v) is 8.62. The zero-order chi connectivity index (χ0) is 42.0. The molecule has 8 aromatic rings. The van der Waals surface area contributed by atoms with Gasteiger partial charge in [0.15, 0.2) is 23.3 Å². The number of imidazole rings is 2. The number of fused-ring (bicyclic) bond motifs is 2. The first-order valence-corrected chi connectivity index (χ1v) is 17.5. The van der Waals surface area contributed by atoms with Gasteiger partial charge < -0.3 is 26.8 Å². The minimum absolute atomic E-state index is 0.0191. The summed E-state index contributed by atoms with van der Waals surface area (Å²) in [7, 11) is 0. The van der Waals surface area contributed by atoms with Crippen molar-refractivity contribution in [3.05, 3.63) is 126 Å². The zero-order valence-electron chi connectivity index (χ0n) is 30.8. The van der Waals surface area contributed by atoms with Gasteiger partial charge >= 0.3 is 12.8 Å². The predicted molar refractivity (Wildman–Crippen MR) is 207 cm³/mol. The van der Waals surface area contributed by atoms with Gasteiger partial charge in [0.2, 0.25) is 23.5 Å². The molecule has 302 valence electrons. The molecule has 0 saturated carbocycles. The van der Waals surface area contributed by atoms with Gasteiger partial charge in [-0.05, 0) is 79.7 Å². The van der Waals surface area contributed by atoms with E-state index in [0.717, 1.165) is 34.2 Å². The molecular formula is C39H31F7N12O. The van der Waals surface area contributed by atoms with Crippen molar-refractivity contribution in [2.24, 2.45) is 0 Å². The highest BCUT2D eigenvalue weighted by Crippen LogP contribution is 2.32. The summed E-state index contributed by atoms with van der Waals surface area (Å²) in [6, 6.07) is 24.4. The molecule has 0 aliphatic heterocycles. The van der Waals surface area contributed by atoms with Crippen LogP contribution in [0.5, 0.6) is 5.75 Å². The average Bonchev–Trinajstić information content (AvgIpc) is 3.75. The van der Waals surface area contributed by atoms with Crippen LogP contribution in [-0.4, -0.2) is 45.6 Å². The van der Waals surface area contributed by atoms with Gasteiger partial charge in [0.1, 0.15) is 17.4 Å². The Hall–Kier alpha value is -7.51. The number of aromatic nitrogens is 8. The summed E-state index contributed by atoms with van der Waals surface area (Å²) in [5, 5.41) is 5.45. The molecular weight excluding hydrogens is 785 g/mol. The minimum atomic E-state index is -4.46. The first-order valence-electron chi connectivity index (χ1n) is 17.5. The number of hydrogen-bond acceptors (Lipinski definition) is 11. The number of nitrogens with zero attached hydrogens (tertiary/aromatic N) is 8. The molecule has 0 atom stereocenters. The summed E-state index contributed by atoms with van der Waals surface area (Å²) < 4.78 is 99.5. The Balaban J connectivity index is 0.000000179. The molecule has 0 unspecified atom stereocenters. The number of nitrogens with one attached hydrogen (secondary N) is 2. The van der Waals surface area contributed by atoms with Crippen LogP contribution in [-0.2, 0) is 12.6 Å². The Morgan fingerprint density at radius 1 is 0.644 bits per heavy atom. The van der Waals surface area contributed by atoms with Gasteiger partial charge in [0.05, 0.1) is 27.6 Å². The topological polar surface area (TPSA) is 173 Å². The Morgan fingerprint density at radius 2 is 1.12 bits per heavy atom. The van der Waals surface area contributed by atoms with Crippen molar-refractivity contribution in [2.75, 3.05) is 22.1 Å². The van der Waals surface area contributed by atoms with Crippen molar-refractivity contribution in [3.8, 4) is 17.6 Å². The lowest BCUT2D eigenvalue weighted by molar-refractivity contribution is -0.137. The molecule has 4 aromatic heterocycles. The van der Waals surface area contributed by atoms with E-state index in [4.69, 9.17) is 11.5 Å². The molecule has 59 heavy (non-hydrogen) atoms. The number of benzene rings is 4. The van der Waals surface area contributed by atoms with E-state index in [1.165, 1.54) is 36.4 Å². The summed E-state index contributed by atoms with van der Waals surface area (Å²) in [5.74, 6) is -1.38. The number of aryl methyl sites for hydroxylation is 2. The summed E-state index contributed by atoms with van der Waals surface area (Å²) in [5.41, 5.74) is 14.2. The van der Waals surface area contributed by atoms with Crippen molar-refractivity contribution in [1.29, 1.82) is 0 Å².